The predicted molar refractivity (Wildman–Crippen MR) is 292 cm³/mol. The van der Waals surface area contributed by atoms with Crippen LogP contribution in [0, 0.1) is 0 Å². The third-order valence-electron chi connectivity index (χ3n) is 16.0. The Labute approximate surface area is 400 Å². The molecule has 2 aliphatic rings. The van der Waals surface area contributed by atoms with Gasteiger partial charge in [0.25, 0.3) is 0 Å². The van der Waals surface area contributed by atoms with Crippen LogP contribution in [0.15, 0.2) is 200 Å². The second kappa shape index (κ2) is 14.5. The number of benzene rings is 11. The topological polar surface area (TPSA) is 0 Å². The summed E-state index contributed by atoms with van der Waals surface area (Å²) in [5, 5.41) is 10.2. The van der Waals surface area contributed by atoms with Crippen LogP contribution in [-0.4, -0.2) is 0 Å². The lowest BCUT2D eigenvalue weighted by molar-refractivity contribution is 0.590. The van der Waals surface area contributed by atoms with Crippen molar-refractivity contribution >= 4 is 43.1 Å². The van der Waals surface area contributed by atoms with E-state index in [0.29, 0.717) is 0 Å². The summed E-state index contributed by atoms with van der Waals surface area (Å²) in [6.07, 6.45) is 0. The fraction of sp³-hybridized carbons (Fsp3) is 0.147. The van der Waals surface area contributed by atoms with Crippen LogP contribution < -0.4 is 0 Å². The summed E-state index contributed by atoms with van der Waals surface area (Å²) in [6, 6.07) is 76.3. The first-order valence-electron chi connectivity index (χ1n) is 24.4. The molecule has 0 heteroatoms. The summed E-state index contributed by atoms with van der Waals surface area (Å²) >= 11 is 0. The maximum Gasteiger partial charge on any atom is 0.0159 e. The molecule has 326 valence electrons. The van der Waals surface area contributed by atoms with E-state index >= 15 is 0 Å². The summed E-state index contributed by atoms with van der Waals surface area (Å²) in [6.45, 7) is 16.5. The summed E-state index contributed by atoms with van der Waals surface area (Å²) in [7, 11) is 0. The van der Waals surface area contributed by atoms with Crippen molar-refractivity contribution in [3.05, 3.63) is 228 Å². The molecule has 2 aliphatic carbocycles. The fourth-order valence-electron chi connectivity index (χ4n) is 12.5. The summed E-state index contributed by atoms with van der Waals surface area (Å²) in [5.41, 5.74) is 22.4. The van der Waals surface area contributed by atoms with Crippen LogP contribution >= 0.6 is 0 Å². The highest BCUT2D eigenvalue weighted by Gasteiger charge is 2.38. The van der Waals surface area contributed by atoms with E-state index in [1.165, 1.54) is 138 Å². The van der Waals surface area contributed by atoms with Gasteiger partial charge < -0.3 is 0 Å². The van der Waals surface area contributed by atoms with Crippen LogP contribution in [0.25, 0.3) is 110 Å². The highest BCUT2D eigenvalue weighted by Crippen LogP contribution is 2.55. The molecule has 0 amide bonds. The molecule has 11 aromatic rings. The Hall–Kier alpha value is -7.54. The van der Waals surface area contributed by atoms with Crippen molar-refractivity contribution < 1.29 is 0 Å². The minimum Gasteiger partial charge on any atom is -0.0619 e. The summed E-state index contributed by atoms with van der Waals surface area (Å²) in [4.78, 5) is 0. The van der Waals surface area contributed by atoms with Gasteiger partial charge in [-0.1, -0.05) is 230 Å². The Bertz CT molecular complexity index is 3810. The minimum absolute atomic E-state index is 0.0390. The van der Waals surface area contributed by atoms with E-state index in [9.17, 15) is 0 Å². The van der Waals surface area contributed by atoms with Gasteiger partial charge in [0.05, 0.1) is 0 Å². The molecule has 0 atom stereocenters. The quantitative estimate of drug-likeness (QED) is 0.155. The molecule has 0 unspecified atom stereocenters. The molecule has 13 rings (SSSR count). The van der Waals surface area contributed by atoms with Gasteiger partial charge in [-0.3, -0.25) is 0 Å². The van der Waals surface area contributed by atoms with Crippen molar-refractivity contribution in [1.29, 1.82) is 0 Å². The van der Waals surface area contributed by atoms with Crippen molar-refractivity contribution in [3.8, 4) is 66.8 Å². The van der Waals surface area contributed by atoms with Gasteiger partial charge in [0, 0.05) is 10.8 Å². The van der Waals surface area contributed by atoms with Crippen molar-refractivity contribution in [3.63, 3.8) is 0 Å². The SMILES string of the molecule is CC(C)(C)c1ccc(-c2c3ccccc3c(-c3c4ccccc4c(-c4ccc5c(c4)C(C)(C)c4cc(-c6ccc7c(c6)C(C)(C)c6ccccc6-7)ccc4-5)c4ccccc34)c3ccccc23)cc1. The average molecular weight is 871 g/mol. The van der Waals surface area contributed by atoms with Gasteiger partial charge in [0.15, 0.2) is 0 Å². The van der Waals surface area contributed by atoms with E-state index in [2.05, 4.69) is 249 Å². The van der Waals surface area contributed by atoms with Crippen molar-refractivity contribution in [1.82, 2.24) is 0 Å². The zero-order valence-electron chi connectivity index (χ0n) is 40.1. The maximum atomic E-state index is 2.52. The van der Waals surface area contributed by atoms with Crippen LogP contribution in [0.1, 0.15) is 76.3 Å². The third kappa shape index (κ3) is 5.80. The van der Waals surface area contributed by atoms with E-state index in [1.54, 1.807) is 0 Å². The number of rotatable bonds is 4. The number of hydrogen-bond donors (Lipinski definition) is 0. The Morgan fingerprint density at radius 1 is 0.265 bits per heavy atom. The second-order valence-corrected chi connectivity index (χ2v) is 21.6. The first-order valence-corrected chi connectivity index (χ1v) is 24.4. The molecule has 0 aliphatic heterocycles. The van der Waals surface area contributed by atoms with Crippen LogP contribution in [0.5, 0.6) is 0 Å². The number of fused-ring (bicyclic) bond motifs is 10. The average Bonchev–Trinajstić information content (AvgIpc) is 3.73. The third-order valence-corrected chi connectivity index (χ3v) is 16.0. The predicted octanol–water partition coefficient (Wildman–Crippen LogP) is 18.9. The Morgan fingerprint density at radius 2 is 0.559 bits per heavy atom. The van der Waals surface area contributed by atoms with E-state index in [4.69, 9.17) is 0 Å². The molecule has 0 heterocycles. The van der Waals surface area contributed by atoms with E-state index in [0.717, 1.165) is 0 Å². The van der Waals surface area contributed by atoms with Gasteiger partial charge >= 0.3 is 0 Å². The molecule has 11 aromatic carbocycles. The second-order valence-electron chi connectivity index (χ2n) is 21.6. The molecule has 0 N–H and O–H groups in total. The Balaban J connectivity index is 0.972. The molecule has 0 radical (unpaired) electrons. The van der Waals surface area contributed by atoms with Crippen molar-refractivity contribution in [2.24, 2.45) is 0 Å². The molecule has 0 fully saturated rings. The van der Waals surface area contributed by atoms with Crippen LogP contribution in [0.2, 0.25) is 0 Å². The molecule has 68 heavy (non-hydrogen) atoms. The van der Waals surface area contributed by atoms with Gasteiger partial charge in [0.2, 0.25) is 0 Å². The van der Waals surface area contributed by atoms with Crippen molar-refractivity contribution in [2.75, 3.05) is 0 Å². The van der Waals surface area contributed by atoms with E-state index in [-0.39, 0.29) is 16.2 Å². The van der Waals surface area contributed by atoms with Gasteiger partial charge in [-0.2, -0.15) is 0 Å². The first-order chi connectivity index (χ1) is 32.9. The van der Waals surface area contributed by atoms with E-state index in [1.807, 2.05) is 0 Å². The van der Waals surface area contributed by atoms with Gasteiger partial charge in [-0.05, 0) is 161 Å². The standard InChI is InChI=1S/C68H54/c1-66(2,3)45-33-28-41(29-34-45)62-50-19-8-12-23-54(50)64(55-24-13-9-20-51(55)62)65-56-25-14-10-21-52(56)63(53-22-11-15-26-57(53)65)44-32-37-49-48-36-31-43(39-60(48)68(6,7)61(49)40-44)42-30-35-47-46-18-16-17-27-58(46)67(4,5)59(47)38-42/h8-40H,1-7H3. The lowest BCUT2D eigenvalue weighted by Crippen LogP contribution is -2.15. The molecular formula is C68H54. The molecule has 0 saturated heterocycles. The first kappa shape index (κ1) is 40.7. The Morgan fingerprint density at radius 3 is 0.971 bits per heavy atom. The fourth-order valence-corrected chi connectivity index (χ4v) is 12.5. The highest BCUT2D eigenvalue weighted by atomic mass is 14.4. The van der Waals surface area contributed by atoms with Crippen LogP contribution in [-0.2, 0) is 16.2 Å². The number of hydrogen-bond acceptors (Lipinski definition) is 0. The van der Waals surface area contributed by atoms with Gasteiger partial charge in [-0.15, -0.1) is 0 Å². The van der Waals surface area contributed by atoms with E-state index < -0.39 is 0 Å². The van der Waals surface area contributed by atoms with Gasteiger partial charge in [0.1, 0.15) is 0 Å². The lowest BCUT2D eigenvalue weighted by atomic mass is 9.79. The zero-order chi connectivity index (χ0) is 46.3. The molecule has 0 spiro atoms. The molecule has 0 nitrogen and oxygen atoms in total. The normalized spacial score (nSPS) is 14.3. The Kier molecular flexibility index (Phi) is 8.67. The highest BCUT2D eigenvalue weighted by molar-refractivity contribution is 6.30. The van der Waals surface area contributed by atoms with Crippen molar-refractivity contribution in [2.45, 2.75) is 64.7 Å². The maximum absolute atomic E-state index is 2.52. The minimum atomic E-state index is -0.193. The molecule has 0 saturated carbocycles. The largest absolute Gasteiger partial charge is 0.0619 e. The van der Waals surface area contributed by atoms with Crippen LogP contribution in [0.4, 0.5) is 0 Å². The lowest BCUT2D eigenvalue weighted by Gasteiger charge is -2.24. The summed E-state index contributed by atoms with van der Waals surface area (Å²) < 4.78 is 0. The monoisotopic (exact) mass is 870 g/mol. The smallest absolute Gasteiger partial charge is 0.0159 e. The molecular weight excluding hydrogens is 817 g/mol. The van der Waals surface area contributed by atoms with Gasteiger partial charge in [-0.25, -0.2) is 0 Å². The molecule has 0 bridgehead atoms. The summed E-state index contributed by atoms with van der Waals surface area (Å²) in [5.74, 6) is 0. The molecule has 0 aromatic heterocycles. The van der Waals surface area contributed by atoms with Crippen LogP contribution in [0.3, 0.4) is 0 Å². The zero-order valence-corrected chi connectivity index (χ0v) is 40.1.